The average Bonchev–Trinajstić information content (AvgIpc) is 2.42. The fourth-order valence-electron chi connectivity index (χ4n) is 2.34. The van der Waals surface area contributed by atoms with Gasteiger partial charge in [0, 0.05) is 24.7 Å². The molecule has 2 unspecified atom stereocenters. The molecule has 122 valence electrons. The number of nitrogens with one attached hydrogen (secondary N) is 1. The number of carboxylic acids is 1. The fraction of sp³-hybridized carbons (Fsp3) is 0.800. The number of rotatable bonds is 13. The van der Waals surface area contributed by atoms with Crippen LogP contribution < -0.4 is 11.1 Å². The van der Waals surface area contributed by atoms with Gasteiger partial charge in [-0.25, -0.2) is 0 Å². The zero-order valence-electron chi connectivity index (χ0n) is 13.1. The monoisotopic (exact) mass is 300 g/mol. The molecule has 0 aliphatic heterocycles. The first-order chi connectivity index (χ1) is 9.92. The van der Waals surface area contributed by atoms with Crippen molar-refractivity contribution in [2.24, 2.45) is 17.6 Å². The minimum Gasteiger partial charge on any atom is -0.481 e. The summed E-state index contributed by atoms with van der Waals surface area (Å²) in [5.41, 5.74) is 5.36. The van der Waals surface area contributed by atoms with Crippen LogP contribution in [0.5, 0.6) is 0 Å². The third-order valence-corrected chi connectivity index (χ3v) is 3.73. The van der Waals surface area contributed by atoms with Crippen molar-refractivity contribution in [3.05, 3.63) is 0 Å². The minimum atomic E-state index is -0.903. The van der Waals surface area contributed by atoms with Gasteiger partial charge < -0.3 is 16.2 Å². The second kappa shape index (κ2) is 11.3. The van der Waals surface area contributed by atoms with Gasteiger partial charge in [-0.2, -0.15) is 0 Å². The van der Waals surface area contributed by atoms with Crippen LogP contribution in [-0.4, -0.2) is 36.4 Å². The highest BCUT2D eigenvalue weighted by Gasteiger charge is 2.24. The minimum absolute atomic E-state index is 0.0202. The summed E-state index contributed by atoms with van der Waals surface area (Å²) in [6.07, 6.45) is 3.42. The molecule has 0 heterocycles. The molecule has 6 nitrogen and oxygen atoms in total. The van der Waals surface area contributed by atoms with Crippen LogP contribution in [0.3, 0.4) is 0 Å². The van der Waals surface area contributed by atoms with E-state index in [0.717, 1.165) is 19.4 Å². The molecule has 0 saturated heterocycles. The molecule has 0 aliphatic carbocycles. The molecule has 0 aromatic heterocycles. The van der Waals surface area contributed by atoms with E-state index in [9.17, 15) is 14.4 Å². The first-order valence-electron chi connectivity index (χ1n) is 7.60. The van der Waals surface area contributed by atoms with Crippen LogP contribution in [0.2, 0.25) is 0 Å². The SMILES string of the molecule is CCC(CCC(=O)O)C(=O)CC(CCCCNC)C(N)=O. The molecule has 0 aromatic rings. The van der Waals surface area contributed by atoms with Gasteiger partial charge in [-0.15, -0.1) is 0 Å². The Morgan fingerprint density at radius 3 is 2.29 bits per heavy atom. The number of amides is 1. The summed E-state index contributed by atoms with van der Waals surface area (Å²) >= 11 is 0. The topological polar surface area (TPSA) is 109 Å². The first kappa shape index (κ1) is 19.6. The first-order valence-corrected chi connectivity index (χ1v) is 7.60. The number of carbonyl (C=O) groups is 3. The molecule has 0 rings (SSSR count). The number of ketones is 1. The van der Waals surface area contributed by atoms with E-state index >= 15 is 0 Å². The molecule has 0 saturated carbocycles. The largest absolute Gasteiger partial charge is 0.481 e. The second-order valence-electron chi connectivity index (χ2n) is 5.41. The summed E-state index contributed by atoms with van der Waals surface area (Å²) in [7, 11) is 1.86. The van der Waals surface area contributed by atoms with Crippen LogP contribution in [0.15, 0.2) is 0 Å². The van der Waals surface area contributed by atoms with E-state index in [0.29, 0.717) is 19.3 Å². The van der Waals surface area contributed by atoms with Gasteiger partial charge in [0.2, 0.25) is 5.91 Å². The summed E-state index contributed by atoms with van der Waals surface area (Å²) in [6.45, 7) is 2.73. The molecule has 1 amide bonds. The molecule has 0 aliphatic rings. The number of unbranched alkanes of at least 4 members (excludes halogenated alkanes) is 1. The summed E-state index contributed by atoms with van der Waals surface area (Å²) in [5, 5.41) is 11.7. The van der Waals surface area contributed by atoms with Crippen LogP contribution in [0.1, 0.15) is 51.9 Å². The van der Waals surface area contributed by atoms with Crippen molar-refractivity contribution < 1.29 is 19.5 Å². The lowest BCUT2D eigenvalue weighted by atomic mass is 9.87. The smallest absolute Gasteiger partial charge is 0.303 e. The predicted molar refractivity (Wildman–Crippen MR) is 80.7 cm³/mol. The summed E-state index contributed by atoms with van der Waals surface area (Å²) in [4.78, 5) is 34.2. The number of hydrogen-bond acceptors (Lipinski definition) is 4. The number of hydrogen-bond donors (Lipinski definition) is 3. The van der Waals surface area contributed by atoms with E-state index in [1.54, 1.807) is 0 Å². The lowest BCUT2D eigenvalue weighted by molar-refractivity contribution is -0.137. The molecule has 0 bridgehead atoms. The third kappa shape index (κ3) is 9.18. The maximum absolute atomic E-state index is 12.2. The van der Waals surface area contributed by atoms with Crippen molar-refractivity contribution >= 4 is 17.7 Å². The van der Waals surface area contributed by atoms with Crippen LogP contribution in [0.25, 0.3) is 0 Å². The number of Topliss-reactive ketones (excluding diaryl/α,β-unsaturated/α-hetero) is 1. The van der Waals surface area contributed by atoms with E-state index in [2.05, 4.69) is 5.32 Å². The molecule has 21 heavy (non-hydrogen) atoms. The Balaban J connectivity index is 4.36. The second-order valence-corrected chi connectivity index (χ2v) is 5.41. The van der Waals surface area contributed by atoms with Crippen molar-refractivity contribution in [1.29, 1.82) is 0 Å². The van der Waals surface area contributed by atoms with Crippen molar-refractivity contribution in [2.45, 2.75) is 51.9 Å². The maximum atomic E-state index is 12.2. The third-order valence-electron chi connectivity index (χ3n) is 3.73. The van der Waals surface area contributed by atoms with E-state index in [1.165, 1.54) is 0 Å². The van der Waals surface area contributed by atoms with Gasteiger partial charge in [-0.05, 0) is 39.3 Å². The van der Waals surface area contributed by atoms with Gasteiger partial charge in [-0.3, -0.25) is 14.4 Å². The Hall–Kier alpha value is -1.43. The lowest BCUT2D eigenvalue weighted by Crippen LogP contribution is -2.28. The van der Waals surface area contributed by atoms with E-state index in [4.69, 9.17) is 10.8 Å². The Labute approximate surface area is 126 Å². The van der Waals surface area contributed by atoms with Gasteiger partial charge in [0.25, 0.3) is 0 Å². The average molecular weight is 300 g/mol. The van der Waals surface area contributed by atoms with Crippen molar-refractivity contribution in [1.82, 2.24) is 5.32 Å². The van der Waals surface area contributed by atoms with Crippen LogP contribution in [0.4, 0.5) is 0 Å². The van der Waals surface area contributed by atoms with Gasteiger partial charge in [0.15, 0.2) is 0 Å². The lowest BCUT2D eigenvalue weighted by Gasteiger charge is -2.17. The Morgan fingerprint density at radius 2 is 1.81 bits per heavy atom. The van der Waals surface area contributed by atoms with E-state index in [1.807, 2.05) is 14.0 Å². The van der Waals surface area contributed by atoms with Crippen LogP contribution in [0, 0.1) is 11.8 Å². The van der Waals surface area contributed by atoms with Gasteiger partial charge >= 0.3 is 5.97 Å². The van der Waals surface area contributed by atoms with Crippen LogP contribution in [-0.2, 0) is 14.4 Å². The number of aliphatic carboxylic acids is 1. The number of nitrogens with two attached hydrogens (primary N) is 1. The molecule has 0 aromatic carbocycles. The van der Waals surface area contributed by atoms with Crippen molar-refractivity contribution in [3.8, 4) is 0 Å². The van der Waals surface area contributed by atoms with E-state index < -0.39 is 17.8 Å². The zero-order valence-corrected chi connectivity index (χ0v) is 13.1. The molecule has 0 radical (unpaired) electrons. The van der Waals surface area contributed by atoms with Crippen LogP contribution >= 0.6 is 0 Å². The van der Waals surface area contributed by atoms with E-state index in [-0.39, 0.29) is 24.5 Å². The molecular weight excluding hydrogens is 272 g/mol. The Bertz CT molecular complexity index is 345. The molecule has 0 fully saturated rings. The quantitative estimate of drug-likeness (QED) is 0.444. The number of carbonyl (C=O) groups excluding carboxylic acids is 2. The van der Waals surface area contributed by atoms with Crippen molar-refractivity contribution in [3.63, 3.8) is 0 Å². The number of carboxylic acid groups (broad SMARTS) is 1. The fourth-order valence-corrected chi connectivity index (χ4v) is 2.34. The summed E-state index contributed by atoms with van der Waals surface area (Å²) in [6, 6.07) is 0. The highest BCUT2D eigenvalue weighted by atomic mass is 16.4. The van der Waals surface area contributed by atoms with Crippen molar-refractivity contribution in [2.75, 3.05) is 13.6 Å². The molecule has 2 atom stereocenters. The predicted octanol–water partition coefficient (Wildman–Crippen LogP) is 1.33. The summed E-state index contributed by atoms with van der Waals surface area (Å²) in [5.74, 6) is -2.12. The Kier molecular flexibility index (Phi) is 10.5. The zero-order chi connectivity index (χ0) is 16.3. The standard InChI is InChI=1S/C15H28N2O4/c1-3-11(7-8-14(19)20)13(18)10-12(15(16)21)6-4-5-9-17-2/h11-12,17H,3-10H2,1-2H3,(H2,16,21)(H,19,20). The molecular formula is C15H28N2O4. The Morgan fingerprint density at radius 1 is 1.14 bits per heavy atom. The summed E-state index contributed by atoms with van der Waals surface area (Å²) < 4.78 is 0. The highest BCUT2D eigenvalue weighted by Crippen LogP contribution is 2.20. The highest BCUT2D eigenvalue weighted by molar-refractivity contribution is 5.87. The normalized spacial score (nSPS) is 13.6. The molecule has 0 spiro atoms. The maximum Gasteiger partial charge on any atom is 0.303 e. The molecule has 4 N–H and O–H groups in total. The van der Waals surface area contributed by atoms with Gasteiger partial charge in [0.1, 0.15) is 5.78 Å². The van der Waals surface area contributed by atoms with Gasteiger partial charge in [-0.1, -0.05) is 13.3 Å². The number of primary amides is 1. The molecule has 6 heteroatoms. The van der Waals surface area contributed by atoms with Gasteiger partial charge in [0.05, 0.1) is 0 Å².